The highest BCUT2D eigenvalue weighted by Crippen LogP contribution is 2.32. The lowest BCUT2D eigenvalue weighted by atomic mass is 9.92. The largest absolute Gasteiger partial charge is 0.325 e. The second-order valence-electron chi connectivity index (χ2n) is 5.69. The summed E-state index contributed by atoms with van der Waals surface area (Å²) in [5.41, 5.74) is 0.0101. The number of halogens is 3. The van der Waals surface area contributed by atoms with E-state index >= 15 is 0 Å². The van der Waals surface area contributed by atoms with Gasteiger partial charge in [-0.05, 0) is 42.3 Å². The molecule has 124 valence electrons. The van der Waals surface area contributed by atoms with Crippen molar-refractivity contribution >= 4 is 39.5 Å². The zero-order chi connectivity index (χ0) is 17.5. The van der Waals surface area contributed by atoms with Crippen LogP contribution in [0.15, 0.2) is 46.9 Å². The fourth-order valence-corrected chi connectivity index (χ4v) is 3.28. The van der Waals surface area contributed by atoms with Crippen molar-refractivity contribution in [3.63, 3.8) is 0 Å². The SMILES string of the molecule is CC1(c2cccc(Br)c2)NC(=O)N(Cc2ccc(F)cc2Cl)C1=O. The Balaban J connectivity index is 1.91. The Kier molecular flexibility index (Phi) is 4.36. The highest BCUT2D eigenvalue weighted by atomic mass is 79.9. The highest BCUT2D eigenvalue weighted by Gasteiger charge is 2.49. The smallest absolute Gasteiger partial charge is 0.319 e. The predicted molar refractivity (Wildman–Crippen MR) is 92.0 cm³/mol. The molecule has 24 heavy (non-hydrogen) atoms. The molecule has 1 heterocycles. The number of rotatable bonds is 3. The van der Waals surface area contributed by atoms with Crippen LogP contribution in [0.2, 0.25) is 5.02 Å². The maximum Gasteiger partial charge on any atom is 0.325 e. The Bertz CT molecular complexity index is 845. The van der Waals surface area contributed by atoms with Crippen LogP contribution in [0.3, 0.4) is 0 Å². The van der Waals surface area contributed by atoms with Crippen molar-refractivity contribution in [2.75, 3.05) is 0 Å². The normalized spacial score (nSPS) is 20.4. The molecule has 0 radical (unpaired) electrons. The minimum Gasteiger partial charge on any atom is -0.319 e. The van der Waals surface area contributed by atoms with Crippen LogP contribution in [0.25, 0.3) is 0 Å². The molecule has 0 bridgehead atoms. The fraction of sp³-hybridized carbons (Fsp3) is 0.176. The van der Waals surface area contributed by atoms with E-state index in [1.807, 2.05) is 6.07 Å². The summed E-state index contributed by atoms with van der Waals surface area (Å²) in [6.45, 7) is 1.63. The minimum atomic E-state index is -1.16. The van der Waals surface area contributed by atoms with Crippen molar-refractivity contribution in [1.29, 1.82) is 0 Å². The number of hydrogen-bond acceptors (Lipinski definition) is 2. The van der Waals surface area contributed by atoms with Crippen molar-refractivity contribution < 1.29 is 14.0 Å². The average Bonchev–Trinajstić information content (AvgIpc) is 2.74. The van der Waals surface area contributed by atoms with Gasteiger partial charge in [0.05, 0.1) is 6.54 Å². The molecular formula is C17H13BrClFN2O2. The van der Waals surface area contributed by atoms with Crippen molar-refractivity contribution in [1.82, 2.24) is 10.2 Å². The first kappa shape index (κ1) is 16.9. The average molecular weight is 412 g/mol. The number of hydrogen-bond donors (Lipinski definition) is 1. The van der Waals surface area contributed by atoms with Crippen LogP contribution in [0.5, 0.6) is 0 Å². The van der Waals surface area contributed by atoms with E-state index in [-0.39, 0.29) is 17.5 Å². The second kappa shape index (κ2) is 6.18. The van der Waals surface area contributed by atoms with Crippen LogP contribution < -0.4 is 5.32 Å². The van der Waals surface area contributed by atoms with Crippen LogP contribution in [-0.4, -0.2) is 16.8 Å². The Hall–Kier alpha value is -1.92. The fourth-order valence-electron chi connectivity index (χ4n) is 2.66. The summed E-state index contributed by atoms with van der Waals surface area (Å²) in [5.74, 6) is -0.856. The number of benzene rings is 2. The van der Waals surface area contributed by atoms with Gasteiger partial charge in [0.2, 0.25) is 0 Å². The van der Waals surface area contributed by atoms with Crippen LogP contribution in [-0.2, 0) is 16.9 Å². The molecule has 7 heteroatoms. The molecule has 3 amide bonds. The lowest BCUT2D eigenvalue weighted by Crippen LogP contribution is -2.40. The van der Waals surface area contributed by atoms with Gasteiger partial charge in [-0.25, -0.2) is 9.18 Å². The molecule has 1 saturated heterocycles. The molecule has 1 aliphatic rings. The molecule has 0 saturated carbocycles. The van der Waals surface area contributed by atoms with E-state index in [0.29, 0.717) is 11.1 Å². The summed E-state index contributed by atoms with van der Waals surface area (Å²) in [5, 5.41) is 2.90. The Morgan fingerprint density at radius 2 is 2.00 bits per heavy atom. The van der Waals surface area contributed by atoms with Gasteiger partial charge in [0, 0.05) is 9.50 Å². The molecule has 0 aliphatic carbocycles. The summed E-state index contributed by atoms with van der Waals surface area (Å²) < 4.78 is 14.0. The molecular weight excluding hydrogens is 399 g/mol. The third-order valence-corrected chi connectivity index (χ3v) is 4.87. The number of urea groups is 1. The first-order chi connectivity index (χ1) is 11.3. The Morgan fingerprint density at radius 3 is 2.67 bits per heavy atom. The Labute approximate surface area is 151 Å². The summed E-state index contributed by atoms with van der Waals surface area (Å²) in [4.78, 5) is 26.2. The zero-order valence-electron chi connectivity index (χ0n) is 12.6. The zero-order valence-corrected chi connectivity index (χ0v) is 15.0. The lowest BCUT2D eigenvalue weighted by Gasteiger charge is -2.22. The molecule has 1 aliphatic heterocycles. The van der Waals surface area contributed by atoms with Crippen molar-refractivity contribution in [3.8, 4) is 0 Å². The van der Waals surface area contributed by atoms with Crippen LogP contribution >= 0.6 is 27.5 Å². The van der Waals surface area contributed by atoms with Gasteiger partial charge in [0.15, 0.2) is 0 Å². The molecule has 3 rings (SSSR count). The molecule has 2 aromatic rings. The molecule has 4 nitrogen and oxygen atoms in total. The number of carbonyl (C=O) groups is 2. The van der Waals surface area contributed by atoms with Crippen LogP contribution in [0.1, 0.15) is 18.1 Å². The van der Waals surface area contributed by atoms with Gasteiger partial charge in [0.1, 0.15) is 11.4 Å². The van der Waals surface area contributed by atoms with E-state index in [4.69, 9.17) is 11.6 Å². The van der Waals surface area contributed by atoms with Gasteiger partial charge >= 0.3 is 6.03 Å². The van der Waals surface area contributed by atoms with Crippen molar-refractivity contribution in [2.24, 2.45) is 0 Å². The number of amides is 3. The second-order valence-corrected chi connectivity index (χ2v) is 7.02. The van der Waals surface area contributed by atoms with E-state index in [0.717, 1.165) is 15.4 Å². The van der Waals surface area contributed by atoms with E-state index < -0.39 is 17.4 Å². The summed E-state index contributed by atoms with van der Waals surface area (Å²) >= 11 is 9.36. The van der Waals surface area contributed by atoms with Gasteiger partial charge < -0.3 is 5.32 Å². The lowest BCUT2D eigenvalue weighted by molar-refractivity contribution is -0.131. The number of carbonyl (C=O) groups excluding carboxylic acids is 2. The molecule has 2 aromatic carbocycles. The maximum absolute atomic E-state index is 13.1. The summed E-state index contributed by atoms with van der Waals surface area (Å²) in [6.07, 6.45) is 0. The Morgan fingerprint density at radius 1 is 1.25 bits per heavy atom. The summed E-state index contributed by atoms with van der Waals surface area (Å²) in [6, 6.07) is 10.5. The van der Waals surface area contributed by atoms with Gasteiger partial charge in [-0.15, -0.1) is 0 Å². The van der Waals surface area contributed by atoms with E-state index in [2.05, 4.69) is 21.2 Å². The molecule has 1 atom stereocenters. The molecule has 0 spiro atoms. The van der Waals surface area contributed by atoms with Crippen molar-refractivity contribution in [3.05, 3.63) is 68.9 Å². The van der Waals surface area contributed by atoms with E-state index in [1.165, 1.54) is 12.1 Å². The minimum absolute atomic E-state index is 0.0205. The van der Waals surface area contributed by atoms with Gasteiger partial charge in [-0.1, -0.05) is 45.7 Å². The number of nitrogens with one attached hydrogen (secondary N) is 1. The topological polar surface area (TPSA) is 49.4 Å². The monoisotopic (exact) mass is 410 g/mol. The van der Waals surface area contributed by atoms with Crippen LogP contribution in [0.4, 0.5) is 9.18 Å². The summed E-state index contributed by atoms with van der Waals surface area (Å²) in [7, 11) is 0. The molecule has 1 N–H and O–H groups in total. The van der Waals surface area contributed by atoms with Gasteiger partial charge in [-0.2, -0.15) is 0 Å². The third-order valence-electron chi connectivity index (χ3n) is 4.02. The van der Waals surface area contributed by atoms with E-state index in [1.54, 1.807) is 25.1 Å². The predicted octanol–water partition coefficient (Wildman–Crippen LogP) is 4.21. The molecule has 1 fully saturated rings. The quantitative estimate of drug-likeness (QED) is 0.769. The standard InChI is InChI=1S/C17H13BrClFN2O2/c1-17(11-3-2-4-12(18)7-11)15(23)22(16(24)21-17)9-10-5-6-13(20)8-14(10)19/h2-8H,9H2,1H3,(H,21,24). The highest BCUT2D eigenvalue weighted by molar-refractivity contribution is 9.10. The molecule has 0 aromatic heterocycles. The first-order valence-corrected chi connectivity index (χ1v) is 8.32. The molecule has 1 unspecified atom stereocenters. The third kappa shape index (κ3) is 2.91. The number of imide groups is 1. The first-order valence-electron chi connectivity index (χ1n) is 7.15. The maximum atomic E-state index is 13.1. The van der Waals surface area contributed by atoms with Gasteiger partial charge in [-0.3, -0.25) is 9.69 Å². The van der Waals surface area contributed by atoms with Gasteiger partial charge in [0.25, 0.3) is 5.91 Å². The van der Waals surface area contributed by atoms with E-state index in [9.17, 15) is 14.0 Å². The van der Waals surface area contributed by atoms with Crippen molar-refractivity contribution in [2.45, 2.75) is 19.0 Å². The van der Waals surface area contributed by atoms with Crippen LogP contribution in [0, 0.1) is 5.82 Å². The number of nitrogens with zero attached hydrogens (tertiary/aromatic N) is 1.